The number of hydroxylamine groups is 1. The van der Waals surface area contributed by atoms with Crippen LogP contribution in [0.2, 0.25) is 0 Å². The summed E-state index contributed by atoms with van der Waals surface area (Å²) in [6, 6.07) is 5.92. The van der Waals surface area contributed by atoms with E-state index in [1.807, 2.05) is 45.9 Å². The first-order valence-electron chi connectivity index (χ1n) is 5.64. The van der Waals surface area contributed by atoms with Gasteiger partial charge in [-0.05, 0) is 31.5 Å². The van der Waals surface area contributed by atoms with Crippen LogP contribution in [0, 0.1) is 6.92 Å². The van der Waals surface area contributed by atoms with Crippen LogP contribution in [-0.2, 0) is 0 Å². The zero-order valence-corrected chi connectivity index (χ0v) is 10.2. The molecule has 2 atom stereocenters. The summed E-state index contributed by atoms with van der Waals surface area (Å²) in [5.41, 5.74) is 4.25. The predicted molar refractivity (Wildman–Crippen MR) is 64.9 cm³/mol. The SMILES string of the molecule is CC.Cc1ccc2c(c1)NC(NO)[C@H](C)O2. The van der Waals surface area contributed by atoms with E-state index in [-0.39, 0.29) is 12.3 Å². The van der Waals surface area contributed by atoms with Gasteiger partial charge >= 0.3 is 0 Å². The van der Waals surface area contributed by atoms with Gasteiger partial charge in [0.05, 0.1) is 5.69 Å². The molecule has 16 heavy (non-hydrogen) atoms. The van der Waals surface area contributed by atoms with Crippen LogP contribution in [0.15, 0.2) is 18.2 Å². The summed E-state index contributed by atoms with van der Waals surface area (Å²) in [6.45, 7) is 7.91. The Kier molecular flexibility index (Phi) is 4.58. The summed E-state index contributed by atoms with van der Waals surface area (Å²) in [5, 5.41) is 12.0. The van der Waals surface area contributed by atoms with Crippen molar-refractivity contribution < 1.29 is 9.94 Å². The van der Waals surface area contributed by atoms with Crippen LogP contribution in [-0.4, -0.2) is 17.5 Å². The molecule has 0 fully saturated rings. The highest BCUT2D eigenvalue weighted by atomic mass is 16.5. The van der Waals surface area contributed by atoms with Gasteiger partial charge in [-0.1, -0.05) is 19.9 Å². The van der Waals surface area contributed by atoms with Crippen LogP contribution in [0.3, 0.4) is 0 Å². The molecule has 0 radical (unpaired) electrons. The molecule has 0 aromatic heterocycles. The summed E-state index contributed by atoms with van der Waals surface area (Å²) in [7, 11) is 0. The highest BCUT2D eigenvalue weighted by Crippen LogP contribution is 2.31. The molecule has 4 heteroatoms. The Balaban J connectivity index is 0.000000606. The number of anilines is 1. The number of ether oxygens (including phenoxy) is 1. The lowest BCUT2D eigenvalue weighted by atomic mass is 10.1. The van der Waals surface area contributed by atoms with Gasteiger partial charge in [-0.25, -0.2) is 0 Å². The molecule has 1 aliphatic heterocycles. The average Bonchev–Trinajstić information content (AvgIpc) is 2.31. The van der Waals surface area contributed by atoms with Gasteiger partial charge in [-0.2, -0.15) is 5.48 Å². The topological polar surface area (TPSA) is 53.5 Å². The smallest absolute Gasteiger partial charge is 0.143 e. The van der Waals surface area contributed by atoms with Gasteiger partial charge < -0.3 is 15.3 Å². The fourth-order valence-electron chi connectivity index (χ4n) is 1.55. The van der Waals surface area contributed by atoms with Crippen molar-refractivity contribution in [1.29, 1.82) is 0 Å². The molecule has 90 valence electrons. The number of aryl methyl sites for hydroxylation is 1. The molecule has 1 aromatic carbocycles. The maximum absolute atomic E-state index is 8.86. The van der Waals surface area contributed by atoms with E-state index in [4.69, 9.17) is 9.94 Å². The van der Waals surface area contributed by atoms with Crippen molar-refractivity contribution >= 4 is 5.69 Å². The second kappa shape index (κ2) is 5.72. The van der Waals surface area contributed by atoms with E-state index in [0.717, 1.165) is 17.0 Å². The van der Waals surface area contributed by atoms with Gasteiger partial charge in [-0.3, -0.25) is 0 Å². The van der Waals surface area contributed by atoms with Gasteiger partial charge in [-0.15, -0.1) is 0 Å². The Hall–Kier alpha value is -1.26. The minimum Gasteiger partial charge on any atom is -0.485 e. The number of rotatable bonds is 1. The van der Waals surface area contributed by atoms with Gasteiger partial charge in [0.15, 0.2) is 0 Å². The molecule has 0 saturated carbocycles. The molecule has 1 unspecified atom stereocenters. The van der Waals surface area contributed by atoms with Crippen LogP contribution in [0.5, 0.6) is 5.75 Å². The van der Waals surface area contributed by atoms with E-state index in [9.17, 15) is 0 Å². The van der Waals surface area contributed by atoms with Gasteiger partial charge in [0.25, 0.3) is 0 Å². The zero-order chi connectivity index (χ0) is 12.1. The molecule has 0 aliphatic carbocycles. The summed E-state index contributed by atoms with van der Waals surface area (Å²) in [6.07, 6.45) is -0.362. The first-order valence-corrected chi connectivity index (χ1v) is 5.64. The maximum Gasteiger partial charge on any atom is 0.143 e. The molecule has 0 bridgehead atoms. The predicted octanol–water partition coefficient (Wildman–Crippen LogP) is 2.52. The van der Waals surface area contributed by atoms with Crippen molar-refractivity contribution in [2.45, 2.75) is 40.0 Å². The second-order valence-corrected chi connectivity index (χ2v) is 3.57. The Labute approximate surface area is 96.6 Å². The summed E-state index contributed by atoms with van der Waals surface area (Å²) in [4.78, 5) is 0. The summed E-state index contributed by atoms with van der Waals surface area (Å²) < 4.78 is 5.61. The Bertz CT molecular complexity index is 342. The number of nitrogens with one attached hydrogen (secondary N) is 2. The quantitative estimate of drug-likeness (QED) is 0.642. The molecular formula is C12H20N2O2. The zero-order valence-electron chi connectivity index (χ0n) is 10.2. The van der Waals surface area contributed by atoms with Crippen LogP contribution in [0.25, 0.3) is 0 Å². The Morgan fingerprint density at radius 3 is 2.69 bits per heavy atom. The van der Waals surface area contributed by atoms with Crippen molar-refractivity contribution in [3.05, 3.63) is 23.8 Å². The van der Waals surface area contributed by atoms with Gasteiger partial charge in [0, 0.05) is 0 Å². The highest BCUT2D eigenvalue weighted by Gasteiger charge is 2.24. The van der Waals surface area contributed by atoms with Crippen molar-refractivity contribution in [2.75, 3.05) is 5.32 Å². The molecule has 1 aliphatic rings. The Morgan fingerprint density at radius 1 is 1.38 bits per heavy atom. The van der Waals surface area contributed by atoms with Crippen LogP contribution < -0.4 is 15.5 Å². The molecule has 1 heterocycles. The maximum atomic E-state index is 8.86. The molecule has 1 aromatic rings. The number of fused-ring (bicyclic) bond motifs is 1. The van der Waals surface area contributed by atoms with Crippen molar-refractivity contribution in [1.82, 2.24) is 5.48 Å². The molecule has 3 N–H and O–H groups in total. The molecular weight excluding hydrogens is 204 g/mol. The van der Waals surface area contributed by atoms with Gasteiger partial charge in [0.1, 0.15) is 18.0 Å². The highest BCUT2D eigenvalue weighted by molar-refractivity contribution is 5.60. The normalized spacial score (nSPS) is 22.1. The minimum absolute atomic E-state index is 0.102. The van der Waals surface area contributed by atoms with Crippen molar-refractivity contribution in [3.8, 4) is 5.75 Å². The molecule has 0 saturated heterocycles. The second-order valence-electron chi connectivity index (χ2n) is 3.57. The summed E-state index contributed by atoms with van der Waals surface area (Å²) >= 11 is 0. The fourth-order valence-corrected chi connectivity index (χ4v) is 1.55. The number of hydrogen-bond acceptors (Lipinski definition) is 4. The van der Waals surface area contributed by atoms with E-state index in [1.54, 1.807) is 0 Å². The van der Waals surface area contributed by atoms with Crippen LogP contribution in [0.4, 0.5) is 5.69 Å². The molecule has 4 nitrogen and oxygen atoms in total. The third-order valence-electron chi connectivity index (χ3n) is 2.37. The van der Waals surface area contributed by atoms with E-state index in [1.165, 1.54) is 0 Å². The third kappa shape index (κ3) is 2.65. The lowest BCUT2D eigenvalue weighted by Crippen LogP contribution is -2.48. The lowest BCUT2D eigenvalue weighted by Gasteiger charge is -2.32. The lowest BCUT2D eigenvalue weighted by molar-refractivity contribution is 0.0662. The van der Waals surface area contributed by atoms with Crippen molar-refractivity contribution in [2.24, 2.45) is 0 Å². The number of benzene rings is 1. The van der Waals surface area contributed by atoms with Gasteiger partial charge in [0.2, 0.25) is 0 Å². The van der Waals surface area contributed by atoms with E-state index < -0.39 is 0 Å². The standard InChI is InChI=1S/C10H14N2O2.C2H6/c1-6-3-4-9-8(5-6)11-10(12-13)7(2)14-9;1-2/h3-5,7,10-13H,1-2H3;1-2H3/t7-,10?;/m0./s1. The first-order chi connectivity index (χ1) is 7.70. The summed E-state index contributed by atoms with van der Waals surface area (Å²) in [5.74, 6) is 0.828. The molecule has 0 spiro atoms. The van der Waals surface area contributed by atoms with Crippen LogP contribution in [0.1, 0.15) is 26.3 Å². The first kappa shape index (κ1) is 12.8. The van der Waals surface area contributed by atoms with E-state index >= 15 is 0 Å². The molecule has 2 rings (SSSR count). The monoisotopic (exact) mass is 224 g/mol. The third-order valence-corrected chi connectivity index (χ3v) is 2.37. The van der Waals surface area contributed by atoms with Crippen molar-refractivity contribution in [3.63, 3.8) is 0 Å². The number of hydrogen-bond donors (Lipinski definition) is 3. The fraction of sp³-hybridized carbons (Fsp3) is 0.500. The Morgan fingerprint density at radius 2 is 2.06 bits per heavy atom. The largest absolute Gasteiger partial charge is 0.485 e. The van der Waals surface area contributed by atoms with Crippen LogP contribution >= 0.6 is 0 Å². The average molecular weight is 224 g/mol. The minimum atomic E-state index is -0.260. The van der Waals surface area contributed by atoms with E-state index in [2.05, 4.69) is 10.8 Å². The van der Waals surface area contributed by atoms with E-state index in [0.29, 0.717) is 0 Å². The molecule has 0 amide bonds.